The molecule has 2 aliphatic carbocycles. The van der Waals surface area contributed by atoms with Crippen LogP contribution in [0.2, 0.25) is 0 Å². The molecule has 138 valence electrons. The number of carbonyl (C=O) groups is 1. The molecule has 1 amide bonds. The first-order valence-electron chi connectivity index (χ1n) is 9.83. The molecule has 4 atom stereocenters. The molecular formula is C22H27FN2O. The molecule has 1 aromatic heterocycles. The fourth-order valence-electron chi connectivity index (χ4n) is 5.11. The first kappa shape index (κ1) is 17.4. The second-order valence-corrected chi connectivity index (χ2v) is 8.49. The minimum absolute atomic E-state index is 0.0562. The fraction of sp³-hybridized carbons (Fsp3) is 0.545. The second-order valence-electron chi connectivity index (χ2n) is 8.49. The highest BCUT2D eigenvalue weighted by atomic mass is 19.1. The second kappa shape index (κ2) is 6.98. The van der Waals surface area contributed by atoms with Gasteiger partial charge in [-0.05, 0) is 79.2 Å². The summed E-state index contributed by atoms with van der Waals surface area (Å²) >= 11 is 0. The van der Waals surface area contributed by atoms with E-state index in [2.05, 4.69) is 16.4 Å². The van der Waals surface area contributed by atoms with Crippen molar-refractivity contribution in [2.45, 2.75) is 45.4 Å². The number of rotatable bonds is 4. The van der Waals surface area contributed by atoms with Gasteiger partial charge in [-0.15, -0.1) is 0 Å². The third-order valence-corrected chi connectivity index (χ3v) is 6.38. The number of pyridine rings is 1. The number of hydrogen-bond donors (Lipinski definition) is 1. The number of benzene rings is 1. The van der Waals surface area contributed by atoms with E-state index in [0.717, 1.165) is 29.3 Å². The van der Waals surface area contributed by atoms with Crippen LogP contribution < -0.4 is 5.32 Å². The molecule has 3 nitrogen and oxygen atoms in total. The Morgan fingerprint density at radius 2 is 1.92 bits per heavy atom. The zero-order valence-electron chi connectivity index (χ0n) is 15.5. The van der Waals surface area contributed by atoms with Crippen LogP contribution in [-0.2, 0) is 4.79 Å². The lowest BCUT2D eigenvalue weighted by molar-refractivity contribution is -0.124. The quantitative estimate of drug-likeness (QED) is 0.867. The van der Waals surface area contributed by atoms with E-state index in [1.807, 2.05) is 20.0 Å². The van der Waals surface area contributed by atoms with Gasteiger partial charge in [-0.25, -0.2) is 4.39 Å². The Kier molecular flexibility index (Phi) is 4.68. The molecule has 0 unspecified atom stereocenters. The number of nitrogens with zero attached hydrogens (tertiary/aromatic N) is 1. The maximum atomic E-state index is 13.7. The van der Waals surface area contributed by atoms with Crippen molar-refractivity contribution in [3.05, 3.63) is 41.8 Å². The van der Waals surface area contributed by atoms with E-state index >= 15 is 0 Å². The van der Waals surface area contributed by atoms with Gasteiger partial charge in [-0.2, -0.15) is 0 Å². The molecular weight excluding hydrogens is 327 g/mol. The summed E-state index contributed by atoms with van der Waals surface area (Å²) in [6.07, 6.45) is 6.62. The molecule has 0 spiro atoms. The van der Waals surface area contributed by atoms with E-state index < -0.39 is 0 Å². The van der Waals surface area contributed by atoms with E-state index in [-0.39, 0.29) is 17.6 Å². The minimum atomic E-state index is -0.189. The van der Waals surface area contributed by atoms with Crippen molar-refractivity contribution in [2.75, 3.05) is 6.54 Å². The lowest BCUT2D eigenvalue weighted by Gasteiger charge is -2.17. The largest absolute Gasteiger partial charge is 0.356 e. The molecule has 4 rings (SSSR count). The average molecular weight is 354 g/mol. The van der Waals surface area contributed by atoms with Gasteiger partial charge in [0.2, 0.25) is 5.91 Å². The van der Waals surface area contributed by atoms with Crippen LogP contribution in [0.1, 0.15) is 51.0 Å². The van der Waals surface area contributed by atoms with Crippen molar-refractivity contribution in [1.82, 2.24) is 10.3 Å². The van der Waals surface area contributed by atoms with Crippen molar-refractivity contribution >= 4 is 16.8 Å². The topological polar surface area (TPSA) is 42.0 Å². The van der Waals surface area contributed by atoms with Crippen LogP contribution in [0.4, 0.5) is 4.39 Å². The minimum Gasteiger partial charge on any atom is -0.356 e. The van der Waals surface area contributed by atoms with Gasteiger partial charge in [0.05, 0.1) is 5.52 Å². The number of carbonyl (C=O) groups excluding carboxylic acids is 1. The summed E-state index contributed by atoms with van der Waals surface area (Å²) in [5, 5.41) is 4.07. The van der Waals surface area contributed by atoms with E-state index in [1.165, 1.54) is 37.3 Å². The summed E-state index contributed by atoms with van der Waals surface area (Å²) in [7, 11) is 0. The van der Waals surface area contributed by atoms with Gasteiger partial charge in [0, 0.05) is 24.0 Å². The highest BCUT2D eigenvalue weighted by molar-refractivity contribution is 5.82. The molecule has 2 aliphatic rings. The van der Waals surface area contributed by atoms with E-state index in [0.29, 0.717) is 11.8 Å². The van der Waals surface area contributed by atoms with Crippen molar-refractivity contribution < 1.29 is 9.18 Å². The summed E-state index contributed by atoms with van der Waals surface area (Å²) < 4.78 is 13.7. The van der Waals surface area contributed by atoms with Gasteiger partial charge in [0.1, 0.15) is 5.82 Å². The Morgan fingerprint density at radius 1 is 1.19 bits per heavy atom. The number of aromatic nitrogens is 1. The maximum Gasteiger partial charge on any atom is 0.222 e. The predicted molar refractivity (Wildman–Crippen MR) is 101 cm³/mol. The number of amides is 1. The first-order chi connectivity index (χ1) is 12.5. The van der Waals surface area contributed by atoms with Crippen LogP contribution in [0.15, 0.2) is 30.5 Å². The molecule has 2 aromatic rings. The Bertz CT molecular complexity index is 805. The highest BCUT2D eigenvalue weighted by Gasteiger charge is 2.42. The Hall–Kier alpha value is -1.97. The van der Waals surface area contributed by atoms with Crippen molar-refractivity contribution in [3.63, 3.8) is 0 Å². The summed E-state index contributed by atoms with van der Waals surface area (Å²) in [5.74, 6) is 2.61. The first-order valence-corrected chi connectivity index (χ1v) is 9.83. The Labute approximate surface area is 154 Å². The lowest BCUT2D eigenvalue weighted by atomic mass is 9.90. The zero-order valence-corrected chi connectivity index (χ0v) is 15.5. The van der Waals surface area contributed by atoms with Crippen LogP contribution in [-0.4, -0.2) is 17.4 Å². The van der Waals surface area contributed by atoms with Crippen LogP contribution in [0.5, 0.6) is 0 Å². The molecule has 0 radical (unpaired) electrons. The van der Waals surface area contributed by atoms with Crippen LogP contribution in [0, 0.1) is 29.5 Å². The molecule has 26 heavy (non-hydrogen) atoms. The smallest absolute Gasteiger partial charge is 0.222 e. The maximum absolute atomic E-state index is 13.7. The third kappa shape index (κ3) is 3.34. The highest BCUT2D eigenvalue weighted by Crippen LogP contribution is 2.53. The van der Waals surface area contributed by atoms with Crippen LogP contribution >= 0.6 is 0 Å². The van der Waals surface area contributed by atoms with Crippen molar-refractivity contribution in [2.24, 2.45) is 23.7 Å². The Morgan fingerprint density at radius 3 is 2.62 bits per heavy atom. The number of hydrogen-bond acceptors (Lipinski definition) is 2. The molecule has 0 bridgehead atoms. The van der Waals surface area contributed by atoms with Gasteiger partial charge in [0.25, 0.3) is 0 Å². The molecule has 0 aliphatic heterocycles. The van der Waals surface area contributed by atoms with Gasteiger partial charge in [-0.1, -0.05) is 13.8 Å². The zero-order chi connectivity index (χ0) is 18.3. The normalized spacial score (nSPS) is 27.8. The summed E-state index contributed by atoms with van der Waals surface area (Å²) in [6.45, 7) is 4.69. The predicted octanol–water partition coefficient (Wildman–Crippen LogP) is 4.67. The van der Waals surface area contributed by atoms with E-state index in [9.17, 15) is 9.18 Å². The lowest BCUT2D eigenvalue weighted by Crippen LogP contribution is -2.31. The Balaban J connectivity index is 1.42. The van der Waals surface area contributed by atoms with Crippen LogP contribution in [0.3, 0.4) is 0 Å². The van der Waals surface area contributed by atoms with Gasteiger partial charge < -0.3 is 5.32 Å². The fourth-order valence-corrected chi connectivity index (χ4v) is 5.11. The summed E-state index contributed by atoms with van der Waals surface area (Å²) in [5.41, 5.74) is 2.14. The molecule has 0 saturated heterocycles. The molecule has 2 saturated carbocycles. The third-order valence-electron chi connectivity index (χ3n) is 6.38. The summed E-state index contributed by atoms with van der Waals surface area (Å²) in [6, 6.07) is 6.97. The molecule has 2 fully saturated rings. The number of nitrogens with one attached hydrogen (secondary N) is 1. The molecule has 1 heterocycles. The van der Waals surface area contributed by atoms with Crippen molar-refractivity contribution in [3.8, 4) is 0 Å². The van der Waals surface area contributed by atoms with E-state index in [4.69, 9.17) is 0 Å². The average Bonchev–Trinajstić information content (AvgIpc) is 3.17. The van der Waals surface area contributed by atoms with Crippen molar-refractivity contribution in [1.29, 1.82) is 0 Å². The van der Waals surface area contributed by atoms with Gasteiger partial charge in [0.15, 0.2) is 0 Å². The molecule has 1 aromatic carbocycles. The standard InChI is InChI=1S/C22H27FN2O/c1-13(2)22(26)25-12-14-7-15-9-17(10-16(15)8-14)19-5-6-24-21-4-3-18(23)11-20(19)21/h3-6,11,13-17H,7-10,12H2,1-2H3,(H,25,26)/t14-,15-,16+,17+. The SMILES string of the molecule is CC(C)C(=O)NC[C@@H]1C[C@@H]2C[C@H](c3ccnc4ccc(F)cc34)C[C@@H]2C1. The molecule has 1 N–H and O–H groups in total. The number of halogens is 1. The van der Waals surface area contributed by atoms with Gasteiger partial charge >= 0.3 is 0 Å². The summed E-state index contributed by atoms with van der Waals surface area (Å²) in [4.78, 5) is 16.2. The number of fused-ring (bicyclic) bond motifs is 2. The van der Waals surface area contributed by atoms with Crippen LogP contribution in [0.25, 0.3) is 10.9 Å². The monoisotopic (exact) mass is 354 g/mol. The van der Waals surface area contributed by atoms with E-state index in [1.54, 1.807) is 12.1 Å². The van der Waals surface area contributed by atoms with Gasteiger partial charge in [-0.3, -0.25) is 9.78 Å². The molecule has 4 heteroatoms.